The number of ketones is 1. The van der Waals surface area contributed by atoms with Crippen molar-refractivity contribution in [3.8, 4) is 0 Å². The quantitative estimate of drug-likeness (QED) is 0.460. The van der Waals surface area contributed by atoms with Crippen LogP contribution in [0.25, 0.3) is 0 Å². The van der Waals surface area contributed by atoms with E-state index < -0.39 is 58.6 Å². The van der Waals surface area contributed by atoms with Crippen LogP contribution in [0.15, 0.2) is 59.4 Å². The predicted molar refractivity (Wildman–Crippen MR) is 120 cm³/mol. The molecule has 3 heterocycles. The van der Waals surface area contributed by atoms with Crippen LogP contribution in [0.2, 0.25) is 0 Å². The number of fused-ring (bicyclic) bond motifs is 3. The van der Waals surface area contributed by atoms with E-state index in [2.05, 4.69) is 4.98 Å². The number of nitrogens with zero attached hydrogens (tertiary/aromatic N) is 1. The molecule has 36 heavy (non-hydrogen) atoms. The van der Waals surface area contributed by atoms with Crippen LogP contribution in [0.3, 0.4) is 0 Å². The third-order valence-corrected chi connectivity index (χ3v) is 7.56. The Morgan fingerprint density at radius 1 is 1.14 bits per heavy atom. The number of allylic oxidation sites excluding steroid dienone is 1. The second kappa shape index (κ2) is 8.68. The molecule has 2 aromatic rings. The van der Waals surface area contributed by atoms with Gasteiger partial charge in [-0.25, -0.2) is 4.79 Å². The standard InChI is InChI=1S/C25H25N3O8/c1-33-22(31)16-10-17(35-21(30)13-3-7-28-8-4-13)19(29)20-24(16,26)6-2-15-23(32)36-18(11-25(15,20)27)14-5-9-34-12-14/h3-5,7-10,12,15-16,18,20H,2,6,11,26-27H2,1H3/t15-,16-,18-,20-,24+,25+/m0/s1. The second-order valence-electron chi connectivity index (χ2n) is 9.46. The topological polar surface area (TPSA) is 174 Å². The monoisotopic (exact) mass is 495 g/mol. The van der Waals surface area contributed by atoms with E-state index in [0.29, 0.717) is 5.56 Å². The maximum absolute atomic E-state index is 13.9. The largest absolute Gasteiger partial charge is 0.472 e. The van der Waals surface area contributed by atoms with Crippen LogP contribution in [-0.4, -0.2) is 46.9 Å². The average Bonchev–Trinajstić information content (AvgIpc) is 3.40. The van der Waals surface area contributed by atoms with Gasteiger partial charge in [-0.15, -0.1) is 0 Å². The number of hydrogen-bond donors (Lipinski definition) is 2. The summed E-state index contributed by atoms with van der Waals surface area (Å²) in [6.45, 7) is 0. The Balaban J connectivity index is 1.57. The number of aromatic nitrogens is 1. The summed E-state index contributed by atoms with van der Waals surface area (Å²) in [5.74, 6) is -6.35. The molecule has 6 atom stereocenters. The minimum absolute atomic E-state index is 0.0533. The van der Waals surface area contributed by atoms with Gasteiger partial charge in [0.15, 0.2) is 5.76 Å². The number of rotatable bonds is 4. The van der Waals surface area contributed by atoms with Gasteiger partial charge in [0, 0.05) is 35.5 Å². The molecule has 0 bridgehead atoms. The highest BCUT2D eigenvalue weighted by atomic mass is 16.6. The van der Waals surface area contributed by atoms with Gasteiger partial charge in [-0.05, 0) is 37.1 Å². The zero-order valence-corrected chi connectivity index (χ0v) is 19.4. The molecule has 5 rings (SSSR count). The van der Waals surface area contributed by atoms with E-state index in [1.807, 2.05) is 0 Å². The van der Waals surface area contributed by atoms with Crippen molar-refractivity contribution in [1.82, 2.24) is 4.98 Å². The van der Waals surface area contributed by atoms with Gasteiger partial charge in [-0.2, -0.15) is 0 Å². The highest BCUT2D eigenvalue weighted by molar-refractivity contribution is 6.04. The Labute approximate surface area is 205 Å². The Hall–Kier alpha value is -3.83. The fourth-order valence-corrected chi connectivity index (χ4v) is 5.84. The first-order chi connectivity index (χ1) is 17.2. The summed E-state index contributed by atoms with van der Waals surface area (Å²) >= 11 is 0. The van der Waals surface area contributed by atoms with Crippen LogP contribution in [0.5, 0.6) is 0 Å². The summed E-state index contributed by atoms with van der Waals surface area (Å²) < 4.78 is 21.2. The number of cyclic esters (lactones) is 1. The van der Waals surface area contributed by atoms with Crippen LogP contribution >= 0.6 is 0 Å². The zero-order valence-electron chi connectivity index (χ0n) is 19.4. The molecule has 2 fully saturated rings. The van der Waals surface area contributed by atoms with E-state index in [1.54, 1.807) is 6.07 Å². The Kier molecular flexibility index (Phi) is 5.76. The van der Waals surface area contributed by atoms with Gasteiger partial charge in [-0.1, -0.05) is 0 Å². The number of nitrogens with two attached hydrogens (primary N) is 2. The van der Waals surface area contributed by atoms with Crippen LogP contribution in [0, 0.1) is 17.8 Å². The SMILES string of the molecule is COC(=O)[C@@H]1C=C(OC(=O)c2ccncc2)C(=O)[C@H]2[C@@]1(N)CC[C@H]1C(=O)O[C@H](c3ccoc3)C[C@]21N. The van der Waals surface area contributed by atoms with Crippen molar-refractivity contribution >= 4 is 23.7 Å². The normalized spacial score (nSPS) is 33.5. The molecule has 2 aromatic heterocycles. The highest BCUT2D eigenvalue weighted by Gasteiger charge is 2.67. The molecule has 11 heteroatoms. The van der Waals surface area contributed by atoms with Crippen molar-refractivity contribution in [3.63, 3.8) is 0 Å². The van der Waals surface area contributed by atoms with E-state index >= 15 is 0 Å². The van der Waals surface area contributed by atoms with Crippen LogP contribution in [-0.2, 0) is 28.6 Å². The van der Waals surface area contributed by atoms with Gasteiger partial charge < -0.3 is 30.1 Å². The van der Waals surface area contributed by atoms with E-state index in [9.17, 15) is 19.2 Å². The molecule has 0 unspecified atom stereocenters. The number of esters is 3. The minimum atomic E-state index is -1.49. The zero-order chi connectivity index (χ0) is 25.7. The molecule has 0 spiro atoms. The van der Waals surface area contributed by atoms with Crippen molar-refractivity contribution in [2.24, 2.45) is 29.2 Å². The third kappa shape index (κ3) is 3.62. The molecule has 1 aliphatic heterocycles. The lowest BCUT2D eigenvalue weighted by Crippen LogP contribution is -2.76. The van der Waals surface area contributed by atoms with E-state index in [1.165, 1.54) is 50.2 Å². The van der Waals surface area contributed by atoms with Gasteiger partial charge in [0.05, 0.1) is 43.0 Å². The van der Waals surface area contributed by atoms with Crippen LogP contribution < -0.4 is 11.5 Å². The number of carbonyl (C=O) groups is 4. The first-order valence-corrected chi connectivity index (χ1v) is 11.5. The van der Waals surface area contributed by atoms with Gasteiger partial charge in [0.25, 0.3) is 0 Å². The lowest BCUT2D eigenvalue weighted by Gasteiger charge is -2.58. The number of pyridine rings is 1. The minimum Gasteiger partial charge on any atom is -0.472 e. The molecule has 2 aliphatic carbocycles. The van der Waals surface area contributed by atoms with Crippen molar-refractivity contribution in [2.45, 2.75) is 36.4 Å². The maximum atomic E-state index is 13.9. The number of furan rings is 1. The summed E-state index contributed by atoms with van der Waals surface area (Å²) in [6.07, 6.45) is 6.51. The van der Waals surface area contributed by atoms with Gasteiger partial charge >= 0.3 is 17.9 Å². The smallest absolute Gasteiger partial charge is 0.343 e. The molecule has 0 radical (unpaired) electrons. The number of Topliss-reactive ketones (excluding diaryl/α,β-unsaturated/α-hetero) is 1. The highest BCUT2D eigenvalue weighted by Crippen LogP contribution is 2.55. The number of hydrogen-bond acceptors (Lipinski definition) is 11. The first-order valence-electron chi connectivity index (χ1n) is 11.5. The maximum Gasteiger partial charge on any atom is 0.343 e. The Bertz CT molecular complexity index is 1240. The summed E-state index contributed by atoms with van der Waals surface area (Å²) in [5.41, 5.74) is 11.5. The van der Waals surface area contributed by atoms with Crippen LogP contribution in [0.4, 0.5) is 0 Å². The van der Waals surface area contributed by atoms with Gasteiger partial charge in [-0.3, -0.25) is 19.4 Å². The van der Waals surface area contributed by atoms with E-state index in [-0.39, 0.29) is 30.6 Å². The lowest BCUT2D eigenvalue weighted by molar-refractivity contribution is -0.179. The molecule has 0 amide bonds. The van der Waals surface area contributed by atoms with Crippen molar-refractivity contribution in [2.75, 3.05) is 7.11 Å². The molecule has 1 saturated heterocycles. The summed E-state index contributed by atoms with van der Waals surface area (Å²) in [7, 11) is 1.20. The van der Waals surface area contributed by atoms with E-state index in [0.717, 1.165) is 0 Å². The molecular weight excluding hydrogens is 470 g/mol. The Morgan fingerprint density at radius 2 is 1.89 bits per heavy atom. The molecule has 3 aliphatic rings. The first kappa shape index (κ1) is 23.9. The number of methoxy groups -OCH3 is 1. The summed E-state index contributed by atoms with van der Waals surface area (Å²) in [6, 6.07) is 4.49. The van der Waals surface area contributed by atoms with Crippen LogP contribution in [0.1, 0.15) is 41.3 Å². The number of carbonyl (C=O) groups excluding carboxylic acids is 4. The summed E-state index contributed by atoms with van der Waals surface area (Å²) in [4.78, 5) is 56.4. The molecule has 11 nitrogen and oxygen atoms in total. The Morgan fingerprint density at radius 3 is 2.56 bits per heavy atom. The molecular formula is C25H25N3O8. The predicted octanol–water partition coefficient (Wildman–Crippen LogP) is 1.20. The second-order valence-corrected chi connectivity index (χ2v) is 9.46. The third-order valence-electron chi connectivity index (χ3n) is 7.56. The van der Waals surface area contributed by atoms with Gasteiger partial charge in [0.2, 0.25) is 5.78 Å². The molecule has 0 aromatic carbocycles. The molecule has 1 saturated carbocycles. The average molecular weight is 495 g/mol. The fourth-order valence-electron chi connectivity index (χ4n) is 5.84. The summed E-state index contributed by atoms with van der Waals surface area (Å²) in [5, 5.41) is 0. The van der Waals surface area contributed by atoms with Crippen molar-refractivity contribution in [3.05, 3.63) is 66.1 Å². The molecule has 4 N–H and O–H groups in total. The fraction of sp³-hybridized carbons (Fsp3) is 0.400. The molecule has 188 valence electrons. The van der Waals surface area contributed by atoms with E-state index in [4.69, 9.17) is 30.1 Å². The van der Waals surface area contributed by atoms with Crippen molar-refractivity contribution < 1.29 is 37.8 Å². The van der Waals surface area contributed by atoms with Crippen molar-refractivity contribution in [1.29, 1.82) is 0 Å². The number of ether oxygens (including phenoxy) is 3. The lowest BCUT2D eigenvalue weighted by atomic mass is 9.50. The van der Waals surface area contributed by atoms with Gasteiger partial charge in [0.1, 0.15) is 6.10 Å².